The summed E-state index contributed by atoms with van der Waals surface area (Å²) in [6, 6.07) is 16.7. The van der Waals surface area contributed by atoms with Gasteiger partial charge in [0, 0.05) is 6.04 Å². The third-order valence-electron chi connectivity index (χ3n) is 3.19. The molecular weight excluding hydrogens is 234 g/mol. The molecule has 1 unspecified atom stereocenters. The van der Waals surface area contributed by atoms with Crippen molar-refractivity contribution in [1.82, 2.24) is 5.32 Å². The van der Waals surface area contributed by atoms with Crippen molar-refractivity contribution in [2.24, 2.45) is 0 Å². The van der Waals surface area contributed by atoms with Gasteiger partial charge in [0.2, 0.25) is 0 Å². The molecular formula is C17H21NO. The van der Waals surface area contributed by atoms with Crippen LogP contribution in [0.2, 0.25) is 0 Å². The van der Waals surface area contributed by atoms with Gasteiger partial charge in [0.05, 0.1) is 0 Å². The Balaban J connectivity index is 2.18. The highest BCUT2D eigenvalue weighted by atomic mass is 16.5. The number of nitrogens with one attached hydrogen (secondary N) is 1. The lowest BCUT2D eigenvalue weighted by Crippen LogP contribution is -2.17. The van der Waals surface area contributed by atoms with Gasteiger partial charge in [-0.25, -0.2) is 0 Å². The highest BCUT2D eigenvalue weighted by Crippen LogP contribution is 2.26. The van der Waals surface area contributed by atoms with Crippen molar-refractivity contribution in [1.29, 1.82) is 0 Å². The van der Waals surface area contributed by atoms with Gasteiger partial charge in [-0.05, 0) is 49.7 Å². The average molecular weight is 255 g/mol. The second-order valence-electron chi connectivity index (χ2n) is 4.72. The second-order valence-corrected chi connectivity index (χ2v) is 4.72. The van der Waals surface area contributed by atoms with Crippen LogP contribution in [0, 0.1) is 6.92 Å². The summed E-state index contributed by atoms with van der Waals surface area (Å²) in [6.45, 7) is 7.30. The Kier molecular flexibility index (Phi) is 4.58. The molecule has 0 saturated heterocycles. The fourth-order valence-corrected chi connectivity index (χ4v) is 2.07. The monoisotopic (exact) mass is 255 g/mol. The highest BCUT2D eigenvalue weighted by molar-refractivity contribution is 5.38. The molecule has 1 atom stereocenters. The van der Waals surface area contributed by atoms with Gasteiger partial charge in [-0.1, -0.05) is 37.3 Å². The number of aryl methyl sites for hydroxylation is 1. The third-order valence-corrected chi connectivity index (χ3v) is 3.19. The van der Waals surface area contributed by atoms with Crippen molar-refractivity contribution >= 4 is 0 Å². The SMILES string of the molecule is CCNC(C)c1cccc(Oc2ccccc2C)c1. The van der Waals surface area contributed by atoms with E-state index < -0.39 is 0 Å². The minimum atomic E-state index is 0.338. The maximum Gasteiger partial charge on any atom is 0.130 e. The van der Waals surface area contributed by atoms with Crippen molar-refractivity contribution in [2.75, 3.05) is 6.54 Å². The Bertz CT molecular complexity index is 536. The molecule has 0 amide bonds. The summed E-state index contributed by atoms with van der Waals surface area (Å²) in [5.41, 5.74) is 2.39. The number of rotatable bonds is 5. The lowest BCUT2D eigenvalue weighted by Gasteiger charge is -2.14. The van der Waals surface area contributed by atoms with Crippen LogP contribution in [0.25, 0.3) is 0 Å². The molecule has 0 radical (unpaired) electrons. The van der Waals surface area contributed by atoms with Crippen molar-refractivity contribution in [3.8, 4) is 11.5 Å². The van der Waals surface area contributed by atoms with Crippen LogP contribution in [0.1, 0.15) is 31.0 Å². The molecule has 100 valence electrons. The summed E-state index contributed by atoms with van der Waals surface area (Å²) >= 11 is 0. The maximum atomic E-state index is 5.95. The lowest BCUT2D eigenvalue weighted by atomic mass is 10.1. The molecule has 0 aliphatic rings. The van der Waals surface area contributed by atoms with Gasteiger partial charge < -0.3 is 10.1 Å². The fourth-order valence-electron chi connectivity index (χ4n) is 2.07. The molecule has 0 bridgehead atoms. The molecule has 0 aliphatic carbocycles. The number of ether oxygens (including phenoxy) is 1. The minimum absolute atomic E-state index is 0.338. The van der Waals surface area contributed by atoms with Crippen LogP contribution in [0.4, 0.5) is 0 Å². The van der Waals surface area contributed by atoms with Crippen molar-refractivity contribution in [3.63, 3.8) is 0 Å². The Hall–Kier alpha value is -1.80. The predicted octanol–water partition coefficient (Wildman–Crippen LogP) is 4.46. The second kappa shape index (κ2) is 6.39. The largest absolute Gasteiger partial charge is 0.457 e. The lowest BCUT2D eigenvalue weighted by molar-refractivity contribution is 0.476. The molecule has 2 rings (SSSR count). The van der Waals surface area contributed by atoms with Gasteiger partial charge >= 0.3 is 0 Å². The summed E-state index contributed by atoms with van der Waals surface area (Å²) in [4.78, 5) is 0. The molecule has 19 heavy (non-hydrogen) atoms. The van der Waals surface area contributed by atoms with E-state index in [9.17, 15) is 0 Å². The molecule has 0 fully saturated rings. The van der Waals surface area contributed by atoms with E-state index >= 15 is 0 Å². The minimum Gasteiger partial charge on any atom is -0.457 e. The first-order chi connectivity index (χ1) is 9.20. The van der Waals surface area contributed by atoms with Crippen LogP contribution in [0.5, 0.6) is 11.5 Å². The van der Waals surface area contributed by atoms with Gasteiger partial charge in [0.25, 0.3) is 0 Å². The fraction of sp³-hybridized carbons (Fsp3) is 0.294. The first-order valence-corrected chi connectivity index (χ1v) is 6.77. The smallest absolute Gasteiger partial charge is 0.130 e. The molecule has 1 N–H and O–H groups in total. The molecule has 2 aromatic carbocycles. The first-order valence-electron chi connectivity index (χ1n) is 6.77. The molecule has 0 heterocycles. The summed E-state index contributed by atoms with van der Waals surface area (Å²) in [7, 11) is 0. The van der Waals surface area contributed by atoms with Gasteiger partial charge in [-0.15, -0.1) is 0 Å². The van der Waals surface area contributed by atoms with E-state index in [0.717, 1.165) is 23.6 Å². The van der Waals surface area contributed by atoms with Crippen LogP contribution in [0.3, 0.4) is 0 Å². The van der Waals surface area contributed by atoms with Crippen LogP contribution < -0.4 is 10.1 Å². The van der Waals surface area contributed by atoms with E-state index in [-0.39, 0.29) is 0 Å². The van der Waals surface area contributed by atoms with E-state index in [0.29, 0.717) is 6.04 Å². The van der Waals surface area contributed by atoms with Gasteiger partial charge in [0.15, 0.2) is 0 Å². The predicted molar refractivity (Wildman–Crippen MR) is 79.8 cm³/mol. The van der Waals surface area contributed by atoms with Crippen LogP contribution in [-0.2, 0) is 0 Å². The van der Waals surface area contributed by atoms with E-state index in [1.54, 1.807) is 0 Å². The van der Waals surface area contributed by atoms with Gasteiger partial charge in [-0.2, -0.15) is 0 Å². The number of para-hydroxylation sites is 1. The zero-order chi connectivity index (χ0) is 13.7. The maximum absolute atomic E-state index is 5.95. The Morgan fingerprint density at radius 1 is 1.11 bits per heavy atom. The quantitative estimate of drug-likeness (QED) is 0.851. The summed E-state index contributed by atoms with van der Waals surface area (Å²) in [5, 5.41) is 3.41. The van der Waals surface area contributed by atoms with Gasteiger partial charge in [0.1, 0.15) is 11.5 Å². The topological polar surface area (TPSA) is 21.3 Å². The van der Waals surface area contributed by atoms with E-state index in [1.807, 2.05) is 30.3 Å². The number of hydrogen-bond donors (Lipinski definition) is 1. The molecule has 0 saturated carbocycles. The third kappa shape index (κ3) is 3.58. The molecule has 0 aliphatic heterocycles. The Labute approximate surface area is 115 Å². The van der Waals surface area contributed by atoms with E-state index in [1.165, 1.54) is 5.56 Å². The highest BCUT2D eigenvalue weighted by Gasteiger charge is 2.06. The number of hydrogen-bond acceptors (Lipinski definition) is 2. The van der Waals surface area contributed by atoms with E-state index in [2.05, 4.69) is 44.3 Å². The molecule has 2 heteroatoms. The molecule has 2 nitrogen and oxygen atoms in total. The average Bonchev–Trinajstić information content (AvgIpc) is 2.42. The summed E-state index contributed by atoms with van der Waals surface area (Å²) in [5.74, 6) is 1.80. The zero-order valence-corrected chi connectivity index (χ0v) is 11.8. The zero-order valence-electron chi connectivity index (χ0n) is 11.8. The molecule has 2 aromatic rings. The summed E-state index contributed by atoms with van der Waals surface area (Å²) < 4.78 is 5.95. The van der Waals surface area contributed by atoms with Crippen LogP contribution >= 0.6 is 0 Å². The molecule has 0 aromatic heterocycles. The standard InChI is InChI=1S/C17H21NO/c1-4-18-14(3)15-9-7-10-16(12-15)19-17-11-6-5-8-13(17)2/h5-12,14,18H,4H2,1-3H3. The van der Waals surface area contributed by atoms with Crippen molar-refractivity contribution < 1.29 is 4.74 Å². The summed E-state index contributed by atoms with van der Waals surface area (Å²) in [6.07, 6.45) is 0. The first kappa shape index (κ1) is 13.6. The van der Waals surface area contributed by atoms with Gasteiger partial charge in [-0.3, -0.25) is 0 Å². The Morgan fingerprint density at radius 2 is 1.89 bits per heavy atom. The normalized spacial score (nSPS) is 12.2. The molecule has 0 spiro atoms. The van der Waals surface area contributed by atoms with Crippen molar-refractivity contribution in [2.45, 2.75) is 26.8 Å². The van der Waals surface area contributed by atoms with Crippen LogP contribution in [0.15, 0.2) is 48.5 Å². The number of benzene rings is 2. The van der Waals surface area contributed by atoms with Crippen molar-refractivity contribution in [3.05, 3.63) is 59.7 Å². The Morgan fingerprint density at radius 3 is 2.63 bits per heavy atom. The van der Waals surface area contributed by atoms with E-state index in [4.69, 9.17) is 4.74 Å². The van der Waals surface area contributed by atoms with Crippen LogP contribution in [-0.4, -0.2) is 6.54 Å².